The van der Waals surface area contributed by atoms with E-state index in [1.54, 1.807) is 7.11 Å². The minimum absolute atomic E-state index is 0.500. The van der Waals surface area contributed by atoms with Gasteiger partial charge in [-0.1, -0.05) is 30.3 Å². The first kappa shape index (κ1) is 18.5. The molecule has 4 rings (SSSR count). The molecule has 0 aliphatic heterocycles. The number of nitrogens with zero attached hydrogens (tertiary/aromatic N) is 4. The standard InChI is InChI=1S/C23H28N4O/c1-26-16-20(15-25-26)19-13-22(23(28-3)24-14-19)27(2)21-11-9-18(10-12-21)17-7-5-4-6-8-17/h4-8,13-16,18,21H,9-12H2,1-3H3. The van der Waals surface area contributed by atoms with Crippen molar-refractivity contribution in [2.45, 2.75) is 37.6 Å². The number of hydrogen-bond donors (Lipinski definition) is 0. The van der Waals surface area contributed by atoms with E-state index >= 15 is 0 Å². The van der Waals surface area contributed by atoms with Crippen LogP contribution < -0.4 is 9.64 Å². The SMILES string of the molecule is COc1ncc(-c2cnn(C)c2)cc1N(C)C1CCC(c2ccccc2)CC1. The van der Waals surface area contributed by atoms with Gasteiger partial charge in [0.15, 0.2) is 0 Å². The summed E-state index contributed by atoms with van der Waals surface area (Å²) in [6, 6.07) is 13.6. The van der Waals surface area contributed by atoms with Gasteiger partial charge in [0.25, 0.3) is 0 Å². The van der Waals surface area contributed by atoms with Gasteiger partial charge in [-0.2, -0.15) is 5.10 Å². The molecule has 2 heterocycles. The molecule has 3 aromatic rings. The molecule has 28 heavy (non-hydrogen) atoms. The second-order valence-electron chi connectivity index (χ2n) is 7.68. The number of rotatable bonds is 5. The molecule has 5 nitrogen and oxygen atoms in total. The van der Waals surface area contributed by atoms with E-state index in [4.69, 9.17) is 4.74 Å². The summed E-state index contributed by atoms with van der Waals surface area (Å²) >= 11 is 0. The van der Waals surface area contributed by atoms with Crippen LogP contribution in [0.5, 0.6) is 5.88 Å². The van der Waals surface area contributed by atoms with Crippen LogP contribution in [0.4, 0.5) is 5.69 Å². The highest BCUT2D eigenvalue weighted by Crippen LogP contribution is 2.38. The quantitative estimate of drug-likeness (QED) is 0.650. The highest BCUT2D eigenvalue weighted by atomic mass is 16.5. The number of benzene rings is 1. The van der Waals surface area contributed by atoms with Crippen LogP contribution in [0, 0.1) is 0 Å². The molecule has 5 heteroatoms. The molecule has 0 bridgehead atoms. The fraction of sp³-hybridized carbons (Fsp3) is 0.391. The van der Waals surface area contributed by atoms with Crippen molar-refractivity contribution in [3.05, 3.63) is 60.6 Å². The van der Waals surface area contributed by atoms with Gasteiger partial charge >= 0.3 is 0 Å². The van der Waals surface area contributed by atoms with Crippen molar-refractivity contribution in [1.82, 2.24) is 14.8 Å². The number of aryl methyl sites for hydroxylation is 1. The summed E-state index contributed by atoms with van der Waals surface area (Å²) in [6.45, 7) is 0. The van der Waals surface area contributed by atoms with Crippen molar-refractivity contribution in [2.75, 3.05) is 19.1 Å². The summed E-state index contributed by atoms with van der Waals surface area (Å²) in [5.41, 5.74) is 4.65. The van der Waals surface area contributed by atoms with Crippen molar-refractivity contribution in [3.63, 3.8) is 0 Å². The van der Waals surface area contributed by atoms with Gasteiger partial charge in [-0.3, -0.25) is 4.68 Å². The lowest BCUT2D eigenvalue weighted by molar-refractivity contribution is 0.373. The Kier molecular flexibility index (Phi) is 5.33. The Bertz CT molecular complexity index is 913. The zero-order chi connectivity index (χ0) is 19.5. The number of pyridine rings is 1. The monoisotopic (exact) mass is 376 g/mol. The molecule has 1 fully saturated rings. The topological polar surface area (TPSA) is 43.2 Å². The minimum atomic E-state index is 0.500. The molecule has 1 aliphatic carbocycles. The number of aromatic nitrogens is 3. The average molecular weight is 377 g/mol. The van der Waals surface area contributed by atoms with E-state index in [2.05, 4.69) is 58.4 Å². The van der Waals surface area contributed by atoms with Crippen LogP contribution in [0.1, 0.15) is 37.2 Å². The number of methoxy groups -OCH3 is 1. The molecule has 0 spiro atoms. The predicted molar refractivity (Wildman–Crippen MR) is 113 cm³/mol. The first-order chi connectivity index (χ1) is 13.7. The lowest BCUT2D eigenvalue weighted by Gasteiger charge is -2.36. The van der Waals surface area contributed by atoms with Gasteiger partial charge in [0, 0.05) is 43.7 Å². The van der Waals surface area contributed by atoms with E-state index < -0.39 is 0 Å². The molecular formula is C23H28N4O. The Balaban J connectivity index is 1.52. The largest absolute Gasteiger partial charge is 0.480 e. The van der Waals surface area contributed by atoms with Crippen LogP contribution in [0.3, 0.4) is 0 Å². The van der Waals surface area contributed by atoms with Gasteiger partial charge < -0.3 is 9.64 Å². The first-order valence-corrected chi connectivity index (χ1v) is 9.96. The fourth-order valence-corrected chi connectivity index (χ4v) is 4.30. The summed E-state index contributed by atoms with van der Waals surface area (Å²) in [4.78, 5) is 6.91. The van der Waals surface area contributed by atoms with Crippen LogP contribution >= 0.6 is 0 Å². The zero-order valence-corrected chi connectivity index (χ0v) is 16.9. The van der Waals surface area contributed by atoms with Crippen LogP contribution in [0.15, 0.2) is 55.0 Å². The Labute approximate surface area is 167 Å². The Morgan fingerprint density at radius 2 is 1.79 bits per heavy atom. The third-order valence-electron chi connectivity index (χ3n) is 5.96. The number of ether oxygens (including phenoxy) is 1. The molecule has 0 atom stereocenters. The summed E-state index contributed by atoms with van der Waals surface area (Å²) < 4.78 is 7.38. The number of hydrogen-bond acceptors (Lipinski definition) is 4. The van der Waals surface area contributed by atoms with E-state index in [0.717, 1.165) is 16.8 Å². The van der Waals surface area contributed by atoms with Gasteiger partial charge in [-0.25, -0.2) is 4.98 Å². The Morgan fingerprint density at radius 1 is 1.04 bits per heavy atom. The Hall–Kier alpha value is -2.82. The van der Waals surface area contributed by atoms with Crippen LogP contribution in [0.2, 0.25) is 0 Å². The van der Waals surface area contributed by atoms with Crippen LogP contribution in [-0.2, 0) is 7.05 Å². The Morgan fingerprint density at radius 3 is 2.43 bits per heavy atom. The maximum Gasteiger partial charge on any atom is 0.237 e. The molecule has 1 saturated carbocycles. The maximum atomic E-state index is 5.57. The average Bonchev–Trinajstić information content (AvgIpc) is 3.20. The lowest BCUT2D eigenvalue weighted by Crippen LogP contribution is -2.35. The summed E-state index contributed by atoms with van der Waals surface area (Å²) in [5.74, 6) is 1.35. The molecule has 0 unspecified atom stereocenters. The summed E-state index contributed by atoms with van der Waals surface area (Å²) in [5, 5.41) is 4.28. The fourth-order valence-electron chi connectivity index (χ4n) is 4.30. The summed E-state index contributed by atoms with van der Waals surface area (Å²) in [6.07, 6.45) is 10.5. The van der Waals surface area contributed by atoms with Gasteiger partial charge in [0.2, 0.25) is 5.88 Å². The van der Waals surface area contributed by atoms with E-state index in [-0.39, 0.29) is 0 Å². The van der Waals surface area contributed by atoms with Gasteiger partial charge in [-0.05, 0) is 43.2 Å². The number of anilines is 1. The van der Waals surface area contributed by atoms with E-state index in [1.165, 1.54) is 31.2 Å². The summed E-state index contributed by atoms with van der Waals surface area (Å²) in [7, 11) is 5.79. The van der Waals surface area contributed by atoms with Crippen molar-refractivity contribution in [1.29, 1.82) is 0 Å². The zero-order valence-electron chi connectivity index (χ0n) is 16.9. The van der Waals surface area contributed by atoms with E-state index in [1.807, 2.05) is 30.3 Å². The van der Waals surface area contributed by atoms with Crippen molar-refractivity contribution in [2.24, 2.45) is 7.05 Å². The minimum Gasteiger partial charge on any atom is -0.480 e. The molecule has 0 radical (unpaired) electrons. The molecule has 0 amide bonds. The normalized spacial score (nSPS) is 19.4. The van der Waals surface area contributed by atoms with Crippen molar-refractivity contribution in [3.8, 4) is 17.0 Å². The van der Waals surface area contributed by atoms with Crippen LogP contribution in [-0.4, -0.2) is 35.0 Å². The molecule has 2 aromatic heterocycles. The second-order valence-corrected chi connectivity index (χ2v) is 7.68. The van der Waals surface area contributed by atoms with Gasteiger partial charge in [0.05, 0.1) is 13.3 Å². The third-order valence-corrected chi connectivity index (χ3v) is 5.96. The van der Waals surface area contributed by atoms with E-state index in [9.17, 15) is 0 Å². The highest BCUT2D eigenvalue weighted by Gasteiger charge is 2.27. The lowest BCUT2D eigenvalue weighted by atomic mass is 9.81. The molecule has 0 saturated heterocycles. The first-order valence-electron chi connectivity index (χ1n) is 9.96. The molecule has 1 aromatic carbocycles. The highest BCUT2D eigenvalue weighted by molar-refractivity contribution is 5.69. The second kappa shape index (κ2) is 8.05. The molecule has 1 aliphatic rings. The van der Waals surface area contributed by atoms with Crippen molar-refractivity contribution >= 4 is 5.69 Å². The molecule has 0 N–H and O–H groups in total. The third kappa shape index (κ3) is 3.75. The van der Waals surface area contributed by atoms with Crippen molar-refractivity contribution < 1.29 is 4.74 Å². The van der Waals surface area contributed by atoms with E-state index in [0.29, 0.717) is 17.8 Å². The van der Waals surface area contributed by atoms with Gasteiger partial charge in [0.1, 0.15) is 5.69 Å². The van der Waals surface area contributed by atoms with Crippen LogP contribution in [0.25, 0.3) is 11.1 Å². The smallest absolute Gasteiger partial charge is 0.237 e. The molecule has 146 valence electrons. The maximum absolute atomic E-state index is 5.57. The molecular weight excluding hydrogens is 348 g/mol. The predicted octanol–water partition coefficient (Wildman–Crippen LogP) is 4.65. The van der Waals surface area contributed by atoms with Gasteiger partial charge in [-0.15, -0.1) is 0 Å².